The van der Waals surface area contributed by atoms with Gasteiger partial charge in [-0.2, -0.15) is 17.0 Å². The van der Waals surface area contributed by atoms with Crippen molar-refractivity contribution in [1.29, 1.82) is 0 Å². The first-order chi connectivity index (χ1) is 7.89. The van der Waals surface area contributed by atoms with E-state index in [9.17, 15) is 8.42 Å². The Labute approximate surface area is 102 Å². The van der Waals surface area contributed by atoms with Crippen LogP contribution in [0.3, 0.4) is 0 Å². The highest BCUT2D eigenvalue weighted by Crippen LogP contribution is 2.16. The third-order valence-corrected chi connectivity index (χ3v) is 4.89. The third kappa shape index (κ3) is 3.30. The van der Waals surface area contributed by atoms with Gasteiger partial charge in [-0.1, -0.05) is 12.1 Å². The van der Waals surface area contributed by atoms with E-state index >= 15 is 0 Å². The summed E-state index contributed by atoms with van der Waals surface area (Å²) in [5.41, 5.74) is 5.43. The Balaban J connectivity index is 2.66. The van der Waals surface area contributed by atoms with Gasteiger partial charge in [-0.3, -0.25) is 0 Å². The summed E-state index contributed by atoms with van der Waals surface area (Å²) in [7, 11) is -1.89. The predicted octanol–water partition coefficient (Wildman–Crippen LogP) is -0.359. The molecule has 0 bridgehead atoms. The second-order valence-electron chi connectivity index (χ2n) is 4.32. The zero-order valence-corrected chi connectivity index (χ0v) is 11.0. The molecule has 1 aliphatic rings. The fraction of sp³-hybridized carbons (Fsp3) is 0.889. The van der Waals surface area contributed by atoms with Gasteiger partial charge < -0.3 is 10.9 Å². The van der Waals surface area contributed by atoms with Crippen molar-refractivity contribution in [2.75, 3.05) is 26.7 Å². The highest BCUT2D eigenvalue weighted by atomic mass is 32.2. The minimum Gasteiger partial charge on any atom is -0.409 e. The molecule has 1 atom stereocenters. The Morgan fingerprint density at radius 3 is 2.53 bits per heavy atom. The van der Waals surface area contributed by atoms with Crippen molar-refractivity contribution in [2.24, 2.45) is 16.8 Å². The van der Waals surface area contributed by atoms with Gasteiger partial charge >= 0.3 is 0 Å². The van der Waals surface area contributed by atoms with E-state index in [4.69, 9.17) is 10.9 Å². The van der Waals surface area contributed by atoms with Crippen LogP contribution in [0.15, 0.2) is 5.16 Å². The van der Waals surface area contributed by atoms with Crippen molar-refractivity contribution in [3.05, 3.63) is 0 Å². The van der Waals surface area contributed by atoms with Gasteiger partial charge in [0.25, 0.3) is 10.2 Å². The van der Waals surface area contributed by atoms with Crippen LogP contribution in [0, 0.1) is 5.92 Å². The van der Waals surface area contributed by atoms with E-state index in [-0.39, 0.29) is 18.3 Å². The van der Waals surface area contributed by atoms with E-state index < -0.39 is 10.2 Å². The zero-order valence-electron chi connectivity index (χ0n) is 10.2. The van der Waals surface area contributed by atoms with Gasteiger partial charge in [-0.05, 0) is 12.8 Å². The highest BCUT2D eigenvalue weighted by Gasteiger charge is 2.30. The van der Waals surface area contributed by atoms with Crippen LogP contribution >= 0.6 is 0 Å². The maximum Gasteiger partial charge on any atom is 0.281 e. The second-order valence-corrected chi connectivity index (χ2v) is 6.36. The molecule has 0 amide bonds. The molecular weight excluding hydrogens is 244 g/mol. The van der Waals surface area contributed by atoms with Crippen molar-refractivity contribution in [3.8, 4) is 0 Å². The molecule has 1 aliphatic heterocycles. The average Bonchev–Trinajstić information content (AvgIpc) is 2.81. The molecular formula is C9H20N4O3S. The molecule has 1 rings (SSSR count). The molecule has 17 heavy (non-hydrogen) atoms. The van der Waals surface area contributed by atoms with Gasteiger partial charge in [-0.25, -0.2) is 0 Å². The summed E-state index contributed by atoms with van der Waals surface area (Å²) in [6, 6.07) is 0. The van der Waals surface area contributed by atoms with Gasteiger partial charge in [0.1, 0.15) is 5.84 Å². The molecule has 0 radical (unpaired) electrons. The van der Waals surface area contributed by atoms with Crippen molar-refractivity contribution < 1.29 is 13.6 Å². The van der Waals surface area contributed by atoms with E-state index in [0.29, 0.717) is 13.1 Å². The molecule has 0 aromatic carbocycles. The normalized spacial score (nSPS) is 21.0. The summed E-state index contributed by atoms with van der Waals surface area (Å²) in [6.45, 7) is 3.06. The quantitative estimate of drug-likeness (QED) is 0.306. The average molecular weight is 264 g/mol. The molecule has 1 unspecified atom stereocenters. The van der Waals surface area contributed by atoms with Crippen molar-refractivity contribution in [1.82, 2.24) is 8.61 Å². The van der Waals surface area contributed by atoms with Gasteiger partial charge in [0.15, 0.2) is 0 Å². The molecule has 1 fully saturated rings. The van der Waals surface area contributed by atoms with Crippen LogP contribution in [0.5, 0.6) is 0 Å². The SMILES string of the molecule is CC(CN(C)S(=O)(=O)N1CCCC1)C(N)=NO. The van der Waals surface area contributed by atoms with Gasteiger partial charge in [0, 0.05) is 32.6 Å². The Bertz CT molecular complexity index is 376. The Hall–Kier alpha value is -0.860. The summed E-state index contributed by atoms with van der Waals surface area (Å²) in [4.78, 5) is 0. The standard InChI is InChI=1S/C9H20N4O3S/c1-8(9(10)11-14)7-12(2)17(15,16)13-5-3-4-6-13/h8,14H,3-7H2,1-2H3,(H2,10,11). The minimum absolute atomic E-state index is 0.0356. The fourth-order valence-electron chi connectivity index (χ4n) is 1.79. The lowest BCUT2D eigenvalue weighted by Crippen LogP contribution is -2.43. The van der Waals surface area contributed by atoms with Gasteiger partial charge in [-0.15, -0.1) is 0 Å². The Morgan fingerprint density at radius 2 is 2.06 bits per heavy atom. The molecule has 1 saturated heterocycles. The van der Waals surface area contributed by atoms with E-state index in [1.165, 1.54) is 15.7 Å². The molecule has 3 N–H and O–H groups in total. The summed E-state index contributed by atoms with van der Waals surface area (Å²) in [5, 5.41) is 11.4. The monoisotopic (exact) mass is 264 g/mol. The maximum absolute atomic E-state index is 12.1. The third-order valence-electron chi connectivity index (χ3n) is 2.94. The molecule has 8 heteroatoms. The Morgan fingerprint density at radius 1 is 1.53 bits per heavy atom. The van der Waals surface area contributed by atoms with Crippen LogP contribution in [0.2, 0.25) is 0 Å². The van der Waals surface area contributed by atoms with Gasteiger partial charge in [0.2, 0.25) is 0 Å². The molecule has 0 saturated carbocycles. The smallest absolute Gasteiger partial charge is 0.281 e. The molecule has 0 aromatic rings. The minimum atomic E-state index is -3.40. The summed E-state index contributed by atoms with van der Waals surface area (Å²) >= 11 is 0. The number of nitrogens with two attached hydrogens (primary N) is 1. The van der Waals surface area contributed by atoms with Crippen LogP contribution in [0.4, 0.5) is 0 Å². The first-order valence-corrected chi connectivity index (χ1v) is 6.98. The maximum atomic E-state index is 12.1. The highest BCUT2D eigenvalue weighted by molar-refractivity contribution is 7.86. The molecule has 1 heterocycles. The molecule has 0 spiro atoms. The van der Waals surface area contributed by atoms with E-state index in [1.807, 2.05) is 0 Å². The van der Waals surface area contributed by atoms with E-state index in [2.05, 4.69) is 5.16 Å². The molecule has 0 aliphatic carbocycles. The molecule has 100 valence electrons. The lowest BCUT2D eigenvalue weighted by molar-refractivity contribution is 0.311. The zero-order chi connectivity index (χ0) is 13.1. The van der Waals surface area contributed by atoms with E-state index in [1.54, 1.807) is 6.92 Å². The number of amidine groups is 1. The van der Waals surface area contributed by atoms with Crippen molar-refractivity contribution in [3.63, 3.8) is 0 Å². The molecule has 7 nitrogen and oxygen atoms in total. The first kappa shape index (κ1) is 14.2. The number of hydrogen-bond donors (Lipinski definition) is 2. The summed E-state index contributed by atoms with van der Waals surface area (Å²) in [6.07, 6.45) is 1.81. The van der Waals surface area contributed by atoms with Crippen LogP contribution in [0.1, 0.15) is 19.8 Å². The largest absolute Gasteiger partial charge is 0.409 e. The lowest BCUT2D eigenvalue weighted by Gasteiger charge is -2.25. The number of rotatable bonds is 5. The van der Waals surface area contributed by atoms with Crippen LogP contribution in [-0.4, -0.2) is 54.8 Å². The second kappa shape index (κ2) is 5.65. The van der Waals surface area contributed by atoms with Crippen LogP contribution in [0.25, 0.3) is 0 Å². The first-order valence-electron chi connectivity index (χ1n) is 5.58. The number of nitrogens with zero attached hydrogens (tertiary/aromatic N) is 3. The number of hydrogen-bond acceptors (Lipinski definition) is 4. The van der Waals surface area contributed by atoms with Crippen LogP contribution in [-0.2, 0) is 10.2 Å². The van der Waals surface area contributed by atoms with Gasteiger partial charge in [0.05, 0.1) is 0 Å². The topological polar surface area (TPSA) is 99.2 Å². The Kier molecular flexibility index (Phi) is 4.72. The summed E-state index contributed by atoms with van der Waals surface area (Å²) < 4.78 is 26.9. The predicted molar refractivity (Wildman–Crippen MR) is 64.9 cm³/mol. The summed E-state index contributed by atoms with van der Waals surface area (Å²) in [5.74, 6) is -0.282. The number of oxime groups is 1. The fourth-order valence-corrected chi connectivity index (χ4v) is 3.31. The lowest BCUT2D eigenvalue weighted by atomic mass is 10.2. The van der Waals surface area contributed by atoms with Crippen molar-refractivity contribution in [2.45, 2.75) is 19.8 Å². The molecule has 0 aromatic heterocycles. The van der Waals surface area contributed by atoms with E-state index in [0.717, 1.165) is 12.8 Å². The van der Waals surface area contributed by atoms with Crippen molar-refractivity contribution >= 4 is 16.0 Å². The van der Waals surface area contributed by atoms with Crippen LogP contribution < -0.4 is 5.73 Å².